The molecule has 0 atom stereocenters. The molecule has 0 spiro atoms. The molecule has 2 nitrogen and oxygen atoms in total. The Kier molecular flexibility index (Phi) is 3.04. The first-order valence-corrected chi connectivity index (χ1v) is 7.71. The zero-order valence-electron chi connectivity index (χ0n) is 12.4. The molecule has 1 N–H and O–H groups in total. The van der Waals surface area contributed by atoms with E-state index in [9.17, 15) is 0 Å². The molecule has 0 unspecified atom stereocenters. The van der Waals surface area contributed by atoms with Crippen LogP contribution in [0.2, 0.25) is 0 Å². The van der Waals surface area contributed by atoms with Gasteiger partial charge < -0.3 is 10.2 Å². The summed E-state index contributed by atoms with van der Waals surface area (Å²) >= 11 is 0. The largest absolute Gasteiger partial charge is 0.344 e. The first-order valence-electron chi connectivity index (χ1n) is 7.71. The fraction of sp³-hybridized carbons (Fsp3) is 0.263. The fourth-order valence-corrected chi connectivity index (χ4v) is 3.59. The maximum Gasteiger partial charge on any atom is 0.0488 e. The summed E-state index contributed by atoms with van der Waals surface area (Å²) in [5.41, 5.74) is 8.48. The van der Waals surface area contributed by atoms with E-state index in [4.69, 9.17) is 0 Å². The molecule has 21 heavy (non-hydrogen) atoms. The summed E-state index contributed by atoms with van der Waals surface area (Å²) in [5.74, 6) is 0. The Morgan fingerprint density at radius 1 is 0.810 bits per heavy atom. The van der Waals surface area contributed by atoms with E-state index in [0.717, 1.165) is 25.9 Å². The van der Waals surface area contributed by atoms with Crippen LogP contribution in [0.15, 0.2) is 54.1 Å². The van der Waals surface area contributed by atoms with Crippen LogP contribution in [0, 0.1) is 0 Å². The van der Waals surface area contributed by atoms with E-state index in [-0.39, 0.29) is 0 Å². The summed E-state index contributed by atoms with van der Waals surface area (Å²) in [5, 5.41) is 3.47. The average molecular weight is 276 g/mol. The number of nitrogens with zero attached hydrogens (tertiary/aromatic N) is 1. The molecule has 0 radical (unpaired) electrons. The number of rotatable bonds is 0. The average Bonchev–Trinajstić information content (AvgIpc) is 2.56. The SMILES string of the molecule is CN1c2ccccc2C(=C2CCNCC2)c2ccccc21. The minimum absolute atomic E-state index is 1.10. The number of piperidine rings is 1. The molecule has 2 heteroatoms. The lowest BCUT2D eigenvalue weighted by molar-refractivity contribution is 0.611. The van der Waals surface area contributed by atoms with Gasteiger partial charge in [0, 0.05) is 29.5 Å². The summed E-state index contributed by atoms with van der Waals surface area (Å²) in [6.45, 7) is 2.19. The molecule has 1 saturated heterocycles. The Bertz CT molecular complexity index is 658. The Hall–Kier alpha value is -2.06. The molecular formula is C19H20N2. The number of para-hydroxylation sites is 2. The van der Waals surface area contributed by atoms with Crippen LogP contribution in [-0.4, -0.2) is 20.1 Å². The molecule has 4 rings (SSSR count). The summed E-state index contributed by atoms with van der Waals surface area (Å²) in [7, 11) is 2.17. The Balaban J connectivity index is 2.00. The second-order valence-electron chi connectivity index (χ2n) is 5.82. The molecule has 2 aliphatic rings. The van der Waals surface area contributed by atoms with E-state index in [1.807, 2.05) is 0 Å². The van der Waals surface area contributed by atoms with Gasteiger partial charge in [-0.05, 0) is 43.6 Å². The highest BCUT2D eigenvalue weighted by Crippen LogP contribution is 2.46. The van der Waals surface area contributed by atoms with Gasteiger partial charge in [-0.1, -0.05) is 42.0 Å². The molecule has 2 aromatic carbocycles. The Morgan fingerprint density at radius 3 is 1.90 bits per heavy atom. The standard InChI is InChI=1S/C19H20N2/c1-21-17-8-4-2-6-15(17)19(14-10-12-20-13-11-14)16-7-3-5-9-18(16)21/h2-9,20H,10-13H2,1H3. The molecule has 2 aromatic rings. The van der Waals surface area contributed by atoms with Crippen molar-refractivity contribution in [2.45, 2.75) is 12.8 Å². The van der Waals surface area contributed by atoms with Crippen molar-refractivity contribution in [3.05, 3.63) is 65.2 Å². The van der Waals surface area contributed by atoms with Crippen LogP contribution >= 0.6 is 0 Å². The predicted molar refractivity (Wildman–Crippen MR) is 89.1 cm³/mol. The highest BCUT2D eigenvalue weighted by atomic mass is 15.1. The molecule has 0 aliphatic carbocycles. The molecule has 2 heterocycles. The topological polar surface area (TPSA) is 15.3 Å². The molecule has 0 bridgehead atoms. The monoisotopic (exact) mass is 276 g/mol. The van der Waals surface area contributed by atoms with E-state index >= 15 is 0 Å². The normalized spacial score (nSPS) is 17.5. The number of nitrogens with one attached hydrogen (secondary N) is 1. The molecular weight excluding hydrogens is 256 g/mol. The zero-order chi connectivity index (χ0) is 14.2. The van der Waals surface area contributed by atoms with Crippen molar-refractivity contribution in [3.8, 4) is 0 Å². The van der Waals surface area contributed by atoms with Crippen LogP contribution < -0.4 is 10.2 Å². The van der Waals surface area contributed by atoms with Gasteiger partial charge in [-0.2, -0.15) is 0 Å². The summed E-state index contributed by atoms with van der Waals surface area (Å²) in [4.78, 5) is 2.32. The first-order chi connectivity index (χ1) is 10.4. The van der Waals surface area contributed by atoms with Gasteiger partial charge in [0.05, 0.1) is 0 Å². The summed E-state index contributed by atoms with van der Waals surface area (Å²) < 4.78 is 0. The smallest absolute Gasteiger partial charge is 0.0488 e. The highest BCUT2D eigenvalue weighted by Gasteiger charge is 2.26. The van der Waals surface area contributed by atoms with Crippen molar-refractivity contribution in [2.75, 3.05) is 25.0 Å². The second-order valence-corrected chi connectivity index (χ2v) is 5.82. The van der Waals surface area contributed by atoms with Gasteiger partial charge in [-0.25, -0.2) is 0 Å². The van der Waals surface area contributed by atoms with E-state index in [1.165, 1.54) is 28.1 Å². The molecule has 2 aliphatic heterocycles. The summed E-state index contributed by atoms with van der Waals surface area (Å²) in [6, 6.07) is 17.6. The van der Waals surface area contributed by atoms with Crippen molar-refractivity contribution < 1.29 is 0 Å². The molecule has 0 saturated carbocycles. The van der Waals surface area contributed by atoms with Crippen LogP contribution in [0.25, 0.3) is 5.57 Å². The lowest BCUT2D eigenvalue weighted by Gasteiger charge is -2.34. The van der Waals surface area contributed by atoms with Crippen LogP contribution in [0.4, 0.5) is 11.4 Å². The molecule has 106 valence electrons. The summed E-state index contributed by atoms with van der Waals surface area (Å²) in [6.07, 6.45) is 2.31. The first kappa shape index (κ1) is 12.7. The van der Waals surface area contributed by atoms with Crippen LogP contribution in [-0.2, 0) is 0 Å². The molecule has 0 aromatic heterocycles. The minimum Gasteiger partial charge on any atom is -0.344 e. The quantitative estimate of drug-likeness (QED) is 0.783. The zero-order valence-corrected chi connectivity index (χ0v) is 12.4. The number of hydrogen-bond acceptors (Lipinski definition) is 2. The van der Waals surface area contributed by atoms with Gasteiger partial charge in [0.1, 0.15) is 0 Å². The van der Waals surface area contributed by atoms with E-state index in [1.54, 1.807) is 5.57 Å². The third-order valence-corrected chi connectivity index (χ3v) is 4.63. The number of anilines is 2. The van der Waals surface area contributed by atoms with E-state index < -0.39 is 0 Å². The van der Waals surface area contributed by atoms with Gasteiger partial charge in [0.25, 0.3) is 0 Å². The van der Waals surface area contributed by atoms with Crippen LogP contribution in [0.1, 0.15) is 24.0 Å². The van der Waals surface area contributed by atoms with Crippen molar-refractivity contribution in [3.63, 3.8) is 0 Å². The maximum absolute atomic E-state index is 3.47. The van der Waals surface area contributed by atoms with Gasteiger partial charge in [-0.15, -0.1) is 0 Å². The number of hydrogen-bond donors (Lipinski definition) is 1. The van der Waals surface area contributed by atoms with Crippen LogP contribution in [0.3, 0.4) is 0 Å². The number of benzene rings is 2. The van der Waals surface area contributed by atoms with Gasteiger partial charge in [0.15, 0.2) is 0 Å². The lowest BCUT2D eigenvalue weighted by atomic mass is 9.84. The Morgan fingerprint density at radius 2 is 1.33 bits per heavy atom. The van der Waals surface area contributed by atoms with Crippen molar-refractivity contribution in [2.24, 2.45) is 0 Å². The van der Waals surface area contributed by atoms with Crippen molar-refractivity contribution >= 4 is 16.9 Å². The maximum atomic E-state index is 3.47. The van der Waals surface area contributed by atoms with Crippen molar-refractivity contribution in [1.29, 1.82) is 0 Å². The number of fused-ring (bicyclic) bond motifs is 2. The highest BCUT2D eigenvalue weighted by molar-refractivity contribution is 5.98. The van der Waals surface area contributed by atoms with Gasteiger partial charge in [0.2, 0.25) is 0 Å². The van der Waals surface area contributed by atoms with Gasteiger partial charge >= 0.3 is 0 Å². The lowest BCUT2D eigenvalue weighted by Crippen LogP contribution is -2.25. The third kappa shape index (κ3) is 1.98. The predicted octanol–water partition coefficient (Wildman–Crippen LogP) is 3.95. The van der Waals surface area contributed by atoms with Crippen LogP contribution in [0.5, 0.6) is 0 Å². The second kappa shape index (κ2) is 5.05. The fourth-order valence-electron chi connectivity index (χ4n) is 3.59. The van der Waals surface area contributed by atoms with Crippen molar-refractivity contribution in [1.82, 2.24) is 5.32 Å². The molecule has 1 fully saturated rings. The van der Waals surface area contributed by atoms with E-state index in [2.05, 4.69) is 65.8 Å². The third-order valence-electron chi connectivity index (χ3n) is 4.63. The van der Waals surface area contributed by atoms with Gasteiger partial charge in [-0.3, -0.25) is 0 Å². The Labute approximate surface area is 126 Å². The molecule has 0 amide bonds. The van der Waals surface area contributed by atoms with E-state index in [0.29, 0.717) is 0 Å². The minimum atomic E-state index is 1.10.